The van der Waals surface area contributed by atoms with E-state index in [2.05, 4.69) is 20.7 Å². The molecule has 0 atom stereocenters. The molecule has 0 unspecified atom stereocenters. The van der Waals surface area contributed by atoms with Crippen LogP contribution < -0.4 is 26.9 Å². The molecule has 0 bridgehead atoms. The molecular weight excluding hydrogens is 411 g/mol. The first-order chi connectivity index (χ1) is 15.5. The van der Waals surface area contributed by atoms with Crippen LogP contribution in [0.2, 0.25) is 0 Å². The summed E-state index contributed by atoms with van der Waals surface area (Å²) in [5, 5.41) is 8.76. The molecule has 0 aliphatic rings. The van der Waals surface area contributed by atoms with Crippen LogP contribution >= 0.6 is 0 Å². The van der Waals surface area contributed by atoms with Crippen molar-refractivity contribution < 1.29 is 13.9 Å². The zero-order chi connectivity index (χ0) is 23.1. The minimum Gasteiger partial charge on any atom is -0.496 e. The Morgan fingerprint density at radius 1 is 1.22 bits per heavy atom. The predicted molar refractivity (Wildman–Crippen MR) is 123 cm³/mol. The van der Waals surface area contributed by atoms with Gasteiger partial charge in [-0.25, -0.2) is 14.2 Å². The average Bonchev–Trinajstić information content (AvgIpc) is 2.81. The molecule has 0 aliphatic carbocycles. The van der Waals surface area contributed by atoms with E-state index >= 15 is 4.39 Å². The van der Waals surface area contributed by atoms with E-state index in [1.54, 1.807) is 54.7 Å². The third-order valence-corrected chi connectivity index (χ3v) is 4.79. The molecule has 0 spiro atoms. The highest BCUT2D eigenvalue weighted by molar-refractivity contribution is 5.98. The van der Waals surface area contributed by atoms with Crippen LogP contribution in [0.4, 0.5) is 15.0 Å². The summed E-state index contributed by atoms with van der Waals surface area (Å²) < 4.78 is 21.0. The second-order valence-electron chi connectivity index (χ2n) is 6.92. The van der Waals surface area contributed by atoms with Gasteiger partial charge in [0.1, 0.15) is 23.2 Å². The third-order valence-electron chi connectivity index (χ3n) is 4.79. The van der Waals surface area contributed by atoms with Crippen molar-refractivity contribution in [2.75, 3.05) is 19.0 Å². The fourth-order valence-corrected chi connectivity index (χ4v) is 3.23. The Bertz CT molecular complexity index is 1130. The molecule has 0 saturated heterocycles. The molecule has 0 fully saturated rings. The fourth-order valence-electron chi connectivity index (χ4n) is 3.23. The van der Waals surface area contributed by atoms with Gasteiger partial charge in [0, 0.05) is 24.7 Å². The average molecular weight is 436 g/mol. The molecular formula is C23H25FN6O2. The van der Waals surface area contributed by atoms with Crippen LogP contribution in [0.3, 0.4) is 0 Å². The van der Waals surface area contributed by atoms with Crippen LogP contribution in [-0.2, 0) is 6.42 Å². The van der Waals surface area contributed by atoms with Gasteiger partial charge in [-0.05, 0) is 41.8 Å². The zero-order valence-corrected chi connectivity index (χ0v) is 17.9. The van der Waals surface area contributed by atoms with E-state index < -0.39 is 5.82 Å². The number of methoxy groups -OCH3 is 1. The van der Waals surface area contributed by atoms with Crippen molar-refractivity contribution >= 4 is 17.7 Å². The minimum absolute atomic E-state index is 0.148. The number of urea groups is 1. The smallest absolute Gasteiger partial charge is 0.320 e. The summed E-state index contributed by atoms with van der Waals surface area (Å²) in [5.74, 6) is 5.82. The monoisotopic (exact) mass is 436 g/mol. The van der Waals surface area contributed by atoms with Crippen LogP contribution in [0, 0.1) is 5.82 Å². The molecule has 0 radical (unpaired) electrons. The SMILES string of the molecule is CCNC(=O)Nc1ccc(Cc2ccc(OC)c(-c3cccc(/C(N)=N/N)c3)c2F)cn1. The summed E-state index contributed by atoms with van der Waals surface area (Å²) >= 11 is 0. The summed E-state index contributed by atoms with van der Waals surface area (Å²) in [6.07, 6.45) is 1.91. The van der Waals surface area contributed by atoms with Crippen LogP contribution in [0.1, 0.15) is 23.6 Å². The van der Waals surface area contributed by atoms with Gasteiger partial charge in [-0.1, -0.05) is 30.3 Å². The highest BCUT2D eigenvalue weighted by Gasteiger charge is 2.17. The van der Waals surface area contributed by atoms with Crippen LogP contribution in [-0.4, -0.2) is 30.5 Å². The first-order valence-electron chi connectivity index (χ1n) is 9.96. The number of amides is 2. The highest BCUT2D eigenvalue weighted by atomic mass is 19.1. The number of nitrogens with zero attached hydrogens (tertiary/aromatic N) is 2. The number of nitrogens with one attached hydrogen (secondary N) is 2. The van der Waals surface area contributed by atoms with Gasteiger partial charge in [-0.2, -0.15) is 5.10 Å². The minimum atomic E-state index is -0.408. The van der Waals surface area contributed by atoms with Gasteiger partial charge < -0.3 is 21.6 Å². The van der Waals surface area contributed by atoms with Gasteiger partial charge in [0.2, 0.25) is 0 Å². The Morgan fingerprint density at radius 3 is 2.69 bits per heavy atom. The van der Waals surface area contributed by atoms with Gasteiger partial charge in [-0.15, -0.1) is 0 Å². The lowest BCUT2D eigenvalue weighted by atomic mass is 9.96. The summed E-state index contributed by atoms with van der Waals surface area (Å²) in [6, 6.07) is 13.5. The predicted octanol–water partition coefficient (Wildman–Crippen LogP) is 3.21. The van der Waals surface area contributed by atoms with Gasteiger partial charge in [0.05, 0.1) is 12.7 Å². The highest BCUT2D eigenvalue weighted by Crippen LogP contribution is 2.35. The number of benzene rings is 2. The molecule has 32 heavy (non-hydrogen) atoms. The lowest BCUT2D eigenvalue weighted by molar-refractivity contribution is 0.252. The number of hydrogen-bond donors (Lipinski definition) is 4. The first-order valence-corrected chi connectivity index (χ1v) is 9.96. The number of aromatic nitrogens is 1. The molecule has 0 aliphatic heterocycles. The number of hydrogen-bond acceptors (Lipinski definition) is 5. The Morgan fingerprint density at radius 2 is 2.03 bits per heavy atom. The number of nitrogens with two attached hydrogens (primary N) is 2. The number of amidine groups is 1. The van der Waals surface area contributed by atoms with Crippen LogP contribution in [0.15, 0.2) is 59.8 Å². The van der Waals surface area contributed by atoms with Crippen LogP contribution in [0.25, 0.3) is 11.1 Å². The van der Waals surface area contributed by atoms with Crippen molar-refractivity contribution in [1.29, 1.82) is 0 Å². The summed E-state index contributed by atoms with van der Waals surface area (Å²) in [5.41, 5.74) is 8.55. The van der Waals surface area contributed by atoms with Crippen molar-refractivity contribution in [3.8, 4) is 16.9 Å². The maximum Gasteiger partial charge on any atom is 0.320 e. The molecule has 1 aromatic heterocycles. The molecule has 3 aromatic rings. The maximum atomic E-state index is 15.6. The van der Waals surface area contributed by atoms with E-state index in [9.17, 15) is 4.79 Å². The maximum absolute atomic E-state index is 15.6. The quantitative estimate of drug-likeness (QED) is 0.196. The van der Waals surface area contributed by atoms with E-state index in [1.807, 2.05) is 6.92 Å². The molecule has 166 valence electrons. The van der Waals surface area contributed by atoms with Crippen molar-refractivity contribution in [3.63, 3.8) is 0 Å². The second-order valence-corrected chi connectivity index (χ2v) is 6.92. The Hall–Kier alpha value is -4.14. The normalized spacial score (nSPS) is 11.2. The molecule has 3 rings (SSSR count). The lowest BCUT2D eigenvalue weighted by Gasteiger charge is -2.14. The number of carbonyl (C=O) groups is 1. The number of pyridine rings is 1. The van der Waals surface area contributed by atoms with Gasteiger partial charge in [0.15, 0.2) is 0 Å². The summed E-state index contributed by atoms with van der Waals surface area (Å²) in [6.45, 7) is 2.34. The molecule has 0 saturated carbocycles. The largest absolute Gasteiger partial charge is 0.496 e. The molecule has 2 aromatic carbocycles. The topological polar surface area (TPSA) is 128 Å². The van der Waals surface area contributed by atoms with Gasteiger partial charge in [0.25, 0.3) is 0 Å². The number of anilines is 1. The van der Waals surface area contributed by atoms with Gasteiger partial charge in [-0.3, -0.25) is 5.32 Å². The number of hydrazone groups is 1. The molecule has 6 N–H and O–H groups in total. The van der Waals surface area contributed by atoms with Crippen molar-refractivity contribution in [1.82, 2.24) is 10.3 Å². The lowest BCUT2D eigenvalue weighted by Crippen LogP contribution is -2.28. The van der Waals surface area contributed by atoms with Crippen LogP contribution in [0.5, 0.6) is 5.75 Å². The van der Waals surface area contributed by atoms with Crippen molar-refractivity contribution in [2.45, 2.75) is 13.3 Å². The van der Waals surface area contributed by atoms with E-state index in [4.69, 9.17) is 16.3 Å². The Labute approximate surface area is 185 Å². The van der Waals surface area contributed by atoms with E-state index in [0.29, 0.717) is 46.8 Å². The number of rotatable bonds is 7. The van der Waals surface area contributed by atoms with E-state index in [-0.39, 0.29) is 11.9 Å². The molecule has 9 heteroatoms. The third kappa shape index (κ3) is 5.12. The zero-order valence-electron chi connectivity index (χ0n) is 17.9. The summed E-state index contributed by atoms with van der Waals surface area (Å²) in [4.78, 5) is 15.8. The molecule has 2 amide bonds. The standard InChI is InChI=1S/C23H25FN6O2/c1-3-27-23(31)29-19-10-7-14(13-28-19)11-16-8-9-18(32-2)20(21(16)24)15-5-4-6-17(12-15)22(25)30-26/h4-10,12-13H,3,11,26H2,1-2H3,(H2,25,30)(H2,27,28,29,31). The number of ether oxygens (including phenoxy) is 1. The fraction of sp³-hybridized carbons (Fsp3) is 0.174. The second kappa shape index (κ2) is 10.3. The van der Waals surface area contributed by atoms with E-state index in [0.717, 1.165) is 5.56 Å². The number of halogens is 1. The molecule has 1 heterocycles. The Balaban J connectivity index is 1.91. The van der Waals surface area contributed by atoms with E-state index in [1.165, 1.54) is 7.11 Å². The van der Waals surface area contributed by atoms with Crippen molar-refractivity contribution in [3.05, 3.63) is 77.2 Å². The molecule has 8 nitrogen and oxygen atoms in total. The number of carbonyl (C=O) groups excluding carboxylic acids is 1. The van der Waals surface area contributed by atoms with Crippen molar-refractivity contribution in [2.24, 2.45) is 16.7 Å². The van der Waals surface area contributed by atoms with Gasteiger partial charge >= 0.3 is 6.03 Å². The Kier molecular flexibility index (Phi) is 7.22. The summed E-state index contributed by atoms with van der Waals surface area (Å²) in [7, 11) is 1.49. The first kappa shape index (κ1) is 22.5.